The van der Waals surface area contributed by atoms with Gasteiger partial charge in [0.2, 0.25) is 0 Å². The molecule has 1 heterocycles. The quantitative estimate of drug-likeness (QED) is 0.432. The van der Waals surface area contributed by atoms with Crippen LogP contribution in [-0.4, -0.2) is 45.8 Å². The zero-order chi connectivity index (χ0) is 20.9. The van der Waals surface area contributed by atoms with Crippen LogP contribution in [0.2, 0.25) is 0 Å². The van der Waals surface area contributed by atoms with Gasteiger partial charge in [0.1, 0.15) is 21.5 Å². The summed E-state index contributed by atoms with van der Waals surface area (Å²) in [6.45, 7) is 2.00. The van der Waals surface area contributed by atoms with Crippen molar-refractivity contribution in [3.8, 4) is 0 Å². The molecule has 0 saturated carbocycles. The summed E-state index contributed by atoms with van der Waals surface area (Å²) < 4.78 is 66.3. The van der Waals surface area contributed by atoms with E-state index in [1.54, 1.807) is 18.2 Å². The molecule has 1 N–H and O–H groups in total. The Kier molecular flexibility index (Phi) is 5.18. The molecule has 0 bridgehead atoms. The molecule has 0 aliphatic carbocycles. The van der Waals surface area contributed by atoms with Crippen LogP contribution in [0.5, 0.6) is 0 Å². The van der Waals surface area contributed by atoms with Crippen molar-refractivity contribution in [1.82, 2.24) is 4.48 Å². The van der Waals surface area contributed by atoms with E-state index in [4.69, 9.17) is 4.55 Å². The zero-order valence-electron chi connectivity index (χ0n) is 16.0. The fourth-order valence-electron chi connectivity index (χ4n) is 3.91. The highest BCUT2D eigenvalue weighted by atomic mass is 32.2. The van der Waals surface area contributed by atoms with Crippen molar-refractivity contribution in [2.24, 2.45) is 0 Å². The van der Waals surface area contributed by atoms with Crippen LogP contribution in [-0.2, 0) is 20.2 Å². The Bertz CT molecular complexity index is 1190. The molecule has 1 aliphatic rings. The lowest BCUT2D eigenvalue weighted by molar-refractivity contribution is 0.463. The second kappa shape index (κ2) is 6.93. The van der Waals surface area contributed by atoms with Gasteiger partial charge in [-0.15, -0.1) is 0 Å². The first-order valence-electron chi connectivity index (χ1n) is 8.86. The number of hydrogen-bond donors (Lipinski definition) is 1. The third-order valence-electron chi connectivity index (χ3n) is 5.53. The summed E-state index contributed by atoms with van der Waals surface area (Å²) in [6, 6.07) is 8.21. The van der Waals surface area contributed by atoms with Gasteiger partial charge < -0.3 is 4.55 Å². The summed E-state index contributed by atoms with van der Waals surface area (Å²) in [5, 5.41) is 1.09. The fraction of sp³-hybridized carbons (Fsp3) is 0.368. The van der Waals surface area contributed by atoms with E-state index in [2.05, 4.69) is 0 Å². The topological polar surface area (TPSA) is 112 Å². The second-order valence-corrected chi connectivity index (χ2v) is 10.4. The molecule has 0 atom stereocenters. The molecule has 3 rings (SSSR count). The Balaban J connectivity index is 2.12. The number of unbranched alkanes of at least 4 members (excludes halogenated alkanes) is 1. The summed E-state index contributed by atoms with van der Waals surface area (Å²) >= 11 is 0. The number of allylic oxidation sites excluding steroid dienone is 2. The largest absolute Gasteiger partial charge is 0.744 e. The molecule has 152 valence electrons. The van der Waals surface area contributed by atoms with Crippen LogP contribution < -0.4 is 4.48 Å². The van der Waals surface area contributed by atoms with Gasteiger partial charge in [0.05, 0.1) is 30.3 Å². The van der Waals surface area contributed by atoms with Gasteiger partial charge >= 0.3 is 0 Å². The van der Waals surface area contributed by atoms with Crippen LogP contribution in [0.3, 0.4) is 0 Å². The molecule has 2 aromatic carbocycles. The molecule has 0 radical (unpaired) electrons. The maximum absolute atomic E-state index is 11.7. The van der Waals surface area contributed by atoms with Crippen LogP contribution in [0.15, 0.2) is 40.9 Å². The summed E-state index contributed by atoms with van der Waals surface area (Å²) in [7, 11) is -4.55. The molecule has 28 heavy (non-hydrogen) atoms. The number of nitrogens with zero attached hydrogens (tertiary/aromatic N) is 1. The molecule has 2 aromatic rings. The monoisotopic (exact) mass is 425 g/mol. The fourth-order valence-corrected chi connectivity index (χ4v) is 5.17. The number of rotatable bonds is 6. The lowest BCUT2D eigenvalue weighted by Crippen LogP contribution is -2.36. The molecule has 0 unspecified atom stereocenters. The van der Waals surface area contributed by atoms with E-state index < -0.39 is 20.2 Å². The Labute approximate surface area is 165 Å². The first-order chi connectivity index (χ1) is 12.8. The SMILES string of the molecule is CC1=C(CCCCS(=O)(=O)O)c2c(ccc3c(S(=O)(=O)[O-])cccc23)[N+]1(C)C. The predicted molar refractivity (Wildman–Crippen MR) is 108 cm³/mol. The minimum Gasteiger partial charge on any atom is -0.744 e. The van der Waals surface area contributed by atoms with Gasteiger partial charge in [-0.2, -0.15) is 8.42 Å². The van der Waals surface area contributed by atoms with E-state index in [0.717, 1.165) is 22.5 Å². The van der Waals surface area contributed by atoms with Crippen LogP contribution in [0.25, 0.3) is 16.3 Å². The molecule has 0 spiro atoms. The van der Waals surface area contributed by atoms with Gasteiger partial charge in [-0.25, -0.2) is 8.42 Å². The van der Waals surface area contributed by atoms with E-state index in [0.29, 0.717) is 34.5 Å². The Hall–Kier alpha value is -1.78. The molecule has 7 nitrogen and oxygen atoms in total. The molecule has 0 saturated heterocycles. The van der Waals surface area contributed by atoms with Gasteiger partial charge in [-0.3, -0.25) is 9.04 Å². The Morgan fingerprint density at radius 2 is 1.68 bits per heavy atom. The van der Waals surface area contributed by atoms with Crippen molar-refractivity contribution in [3.63, 3.8) is 0 Å². The third-order valence-corrected chi connectivity index (χ3v) is 7.23. The highest BCUT2D eigenvalue weighted by Crippen LogP contribution is 2.48. The first-order valence-corrected chi connectivity index (χ1v) is 11.9. The lowest BCUT2D eigenvalue weighted by Gasteiger charge is -2.26. The lowest BCUT2D eigenvalue weighted by atomic mass is 9.94. The number of quaternary nitrogens is 1. The number of hydrogen-bond acceptors (Lipinski definition) is 5. The van der Waals surface area contributed by atoms with Gasteiger partial charge in [0, 0.05) is 23.9 Å². The maximum atomic E-state index is 11.7. The van der Waals surface area contributed by atoms with Gasteiger partial charge in [-0.1, -0.05) is 12.1 Å². The summed E-state index contributed by atoms with van der Waals surface area (Å²) in [5.41, 5.74) is 3.98. The minimum atomic E-state index is -4.61. The molecule has 0 fully saturated rings. The first kappa shape index (κ1) is 20.9. The van der Waals surface area contributed by atoms with E-state index in [9.17, 15) is 21.4 Å². The van der Waals surface area contributed by atoms with E-state index >= 15 is 0 Å². The standard InChI is InChI=1S/C19H23NO6S2/c1-13-14(7-4-5-12-27(21,22)23)19-16-8-6-9-18(28(24,25)26)15(16)10-11-17(19)20(13,2)3/h6,8-11H,4-5,7,12H2,1-3H3,(H-,21,22,23,24,25,26). The summed E-state index contributed by atoms with van der Waals surface area (Å²) in [6.07, 6.45) is 1.47. The number of fused-ring (bicyclic) bond motifs is 3. The predicted octanol–water partition coefficient (Wildman–Crippen LogP) is 3.11. The van der Waals surface area contributed by atoms with Crippen molar-refractivity contribution >= 4 is 42.3 Å². The molecular weight excluding hydrogens is 402 g/mol. The van der Waals surface area contributed by atoms with E-state index in [1.165, 1.54) is 6.07 Å². The molecular formula is C19H23NO6S2. The maximum Gasteiger partial charge on any atom is 0.264 e. The van der Waals surface area contributed by atoms with Crippen LogP contribution >= 0.6 is 0 Å². The van der Waals surface area contributed by atoms with Crippen molar-refractivity contribution in [3.05, 3.63) is 41.6 Å². The van der Waals surface area contributed by atoms with Crippen LogP contribution in [0.1, 0.15) is 31.7 Å². The normalized spacial score (nSPS) is 16.6. The Morgan fingerprint density at radius 3 is 2.29 bits per heavy atom. The average molecular weight is 426 g/mol. The van der Waals surface area contributed by atoms with Gasteiger partial charge in [0.25, 0.3) is 10.1 Å². The highest BCUT2D eigenvalue weighted by Gasteiger charge is 2.37. The van der Waals surface area contributed by atoms with E-state index in [-0.39, 0.29) is 10.6 Å². The Morgan fingerprint density at radius 1 is 1.00 bits per heavy atom. The van der Waals surface area contributed by atoms with E-state index in [1.807, 2.05) is 27.1 Å². The summed E-state index contributed by atoms with van der Waals surface area (Å²) in [5.74, 6) is -0.293. The van der Waals surface area contributed by atoms with Crippen LogP contribution in [0.4, 0.5) is 5.69 Å². The second-order valence-electron chi connectivity index (χ2n) is 7.53. The molecule has 1 aliphatic heterocycles. The average Bonchev–Trinajstić information content (AvgIpc) is 2.77. The van der Waals surface area contributed by atoms with Crippen molar-refractivity contribution in [1.29, 1.82) is 0 Å². The smallest absolute Gasteiger partial charge is 0.264 e. The third kappa shape index (κ3) is 3.72. The van der Waals surface area contributed by atoms with Gasteiger partial charge in [0.15, 0.2) is 0 Å². The molecule has 9 heteroatoms. The van der Waals surface area contributed by atoms with Crippen LogP contribution in [0, 0.1) is 0 Å². The number of benzene rings is 2. The van der Waals surface area contributed by atoms with Gasteiger partial charge in [-0.05, 0) is 36.8 Å². The highest BCUT2D eigenvalue weighted by molar-refractivity contribution is 7.86. The molecule has 0 aromatic heterocycles. The van der Waals surface area contributed by atoms with Crippen molar-refractivity contribution in [2.75, 3.05) is 19.8 Å². The zero-order valence-corrected chi connectivity index (χ0v) is 17.6. The summed E-state index contributed by atoms with van der Waals surface area (Å²) in [4.78, 5) is -0.242. The minimum absolute atomic E-state index is 0.242. The van der Waals surface area contributed by atoms with Crippen molar-refractivity contribution in [2.45, 2.75) is 31.1 Å². The van der Waals surface area contributed by atoms with Crippen molar-refractivity contribution < 1.29 is 25.9 Å². The molecule has 0 amide bonds.